The normalized spacial score (nSPS) is 20.3. The third-order valence-electron chi connectivity index (χ3n) is 4.08. The Hall–Kier alpha value is -2.27. The Balaban J connectivity index is 1.75. The summed E-state index contributed by atoms with van der Waals surface area (Å²) in [5, 5.41) is 1.56. The van der Waals surface area contributed by atoms with Gasteiger partial charge in [0.25, 0.3) is 0 Å². The number of ether oxygens (including phenoxy) is 2. The van der Waals surface area contributed by atoms with Gasteiger partial charge in [-0.15, -0.1) is 11.8 Å². The van der Waals surface area contributed by atoms with Gasteiger partial charge in [0.15, 0.2) is 5.75 Å². The number of rotatable bonds is 3. The van der Waals surface area contributed by atoms with Gasteiger partial charge in [0.05, 0.1) is 5.04 Å². The van der Waals surface area contributed by atoms with Crippen LogP contribution in [0, 0.1) is 5.41 Å². The van der Waals surface area contributed by atoms with E-state index in [4.69, 9.17) is 9.47 Å². The first kappa shape index (κ1) is 16.6. The zero-order chi connectivity index (χ0) is 17.2. The number of para-hydroxylation sites is 3. The predicted octanol–water partition coefficient (Wildman–Crippen LogP) is 5.46. The molecule has 0 aliphatic carbocycles. The second kappa shape index (κ2) is 6.69. The van der Waals surface area contributed by atoms with Gasteiger partial charge in [-0.3, -0.25) is 0 Å². The van der Waals surface area contributed by atoms with Gasteiger partial charge < -0.3 is 9.47 Å². The summed E-state index contributed by atoms with van der Waals surface area (Å²) in [6.45, 7) is 6.52. The standard InChI is InChI=1S/C19H19NO3S/c1-13-19(2,3)17(24-13)20-15-11-7-8-12-16(15)23-18(21)22-14-9-5-4-6-10-14/h4-13H,1-3H3. The minimum absolute atomic E-state index is 0.0440. The van der Waals surface area contributed by atoms with Crippen molar-refractivity contribution < 1.29 is 14.3 Å². The van der Waals surface area contributed by atoms with Crippen molar-refractivity contribution in [3.05, 3.63) is 54.6 Å². The second-order valence-corrected chi connectivity index (χ2v) is 7.46. The molecule has 3 rings (SSSR count). The van der Waals surface area contributed by atoms with Crippen LogP contribution in [0.4, 0.5) is 10.5 Å². The first-order chi connectivity index (χ1) is 11.5. The number of hydrogen-bond donors (Lipinski definition) is 0. The van der Waals surface area contributed by atoms with Crippen molar-refractivity contribution in [3.8, 4) is 11.5 Å². The lowest BCUT2D eigenvalue weighted by molar-refractivity contribution is 0.152. The van der Waals surface area contributed by atoms with Crippen LogP contribution in [0.3, 0.4) is 0 Å². The number of hydrogen-bond acceptors (Lipinski definition) is 5. The lowest BCUT2D eigenvalue weighted by atomic mass is 9.89. The first-order valence-corrected chi connectivity index (χ1v) is 8.64. The van der Waals surface area contributed by atoms with Gasteiger partial charge >= 0.3 is 6.16 Å². The van der Waals surface area contributed by atoms with Crippen LogP contribution >= 0.6 is 11.8 Å². The summed E-state index contributed by atoms with van der Waals surface area (Å²) in [6.07, 6.45) is -0.775. The average molecular weight is 341 g/mol. The minimum atomic E-state index is -0.775. The maximum Gasteiger partial charge on any atom is 0.519 e. The van der Waals surface area contributed by atoms with Gasteiger partial charge in [-0.1, -0.05) is 51.1 Å². The molecule has 1 aliphatic rings. The van der Waals surface area contributed by atoms with Gasteiger partial charge in [-0.25, -0.2) is 9.79 Å². The summed E-state index contributed by atoms with van der Waals surface area (Å²) in [6, 6.07) is 16.0. The van der Waals surface area contributed by atoms with Crippen molar-refractivity contribution in [2.75, 3.05) is 0 Å². The number of thioether (sulfide) groups is 1. The second-order valence-electron chi connectivity index (χ2n) is 6.13. The highest BCUT2D eigenvalue weighted by Gasteiger charge is 2.43. The van der Waals surface area contributed by atoms with Crippen molar-refractivity contribution >= 4 is 28.6 Å². The van der Waals surface area contributed by atoms with Crippen molar-refractivity contribution in [3.63, 3.8) is 0 Å². The predicted molar refractivity (Wildman–Crippen MR) is 97.5 cm³/mol. The summed E-state index contributed by atoms with van der Waals surface area (Å²) in [5.74, 6) is 0.831. The molecule has 0 radical (unpaired) electrons. The van der Waals surface area contributed by atoms with Crippen molar-refractivity contribution in [2.24, 2.45) is 10.4 Å². The van der Waals surface area contributed by atoms with Gasteiger partial charge in [-0.05, 0) is 24.3 Å². The summed E-state index contributed by atoms with van der Waals surface area (Å²) in [7, 11) is 0. The van der Waals surface area contributed by atoms with Gasteiger partial charge in [0.2, 0.25) is 0 Å². The third-order valence-corrected chi connectivity index (χ3v) is 5.86. The molecule has 0 amide bonds. The molecule has 0 bridgehead atoms. The number of carbonyl (C=O) groups excluding carboxylic acids is 1. The summed E-state index contributed by atoms with van der Waals surface area (Å²) < 4.78 is 10.5. The fraction of sp³-hybridized carbons (Fsp3) is 0.263. The highest BCUT2D eigenvalue weighted by atomic mass is 32.2. The number of aliphatic imine (C=N–C) groups is 1. The van der Waals surface area contributed by atoms with Crippen LogP contribution in [0.5, 0.6) is 11.5 Å². The smallest absolute Gasteiger partial charge is 0.395 e. The topological polar surface area (TPSA) is 47.9 Å². The van der Waals surface area contributed by atoms with E-state index in [2.05, 4.69) is 25.8 Å². The van der Waals surface area contributed by atoms with E-state index in [0.717, 1.165) is 5.04 Å². The van der Waals surface area contributed by atoms with E-state index in [0.29, 0.717) is 22.4 Å². The highest BCUT2D eigenvalue weighted by Crippen LogP contribution is 2.49. The quantitative estimate of drug-likeness (QED) is 0.550. The van der Waals surface area contributed by atoms with Crippen LogP contribution in [-0.4, -0.2) is 16.4 Å². The Morgan fingerprint density at radius 3 is 2.38 bits per heavy atom. The van der Waals surface area contributed by atoms with Crippen molar-refractivity contribution in [2.45, 2.75) is 26.0 Å². The zero-order valence-corrected chi connectivity index (χ0v) is 14.7. The molecular formula is C19H19NO3S. The van der Waals surface area contributed by atoms with Gasteiger partial charge in [0, 0.05) is 10.7 Å². The molecule has 1 aliphatic heterocycles. The molecule has 5 heteroatoms. The molecule has 124 valence electrons. The maximum absolute atomic E-state index is 12.0. The van der Waals surface area contributed by atoms with Crippen LogP contribution in [0.1, 0.15) is 20.8 Å². The van der Waals surface area contributed by atoms with Crippen LogP contribution in [-0.2, 0) is 0 Å². The molecule has 1 fully saturated rings. The van der Waals surface area contributed by atoms with Gasteiger partial charge in [-0.2, -0.15) is 0 Å². The Labute approximate surface area is 145 Å². The molecule has 4 nitrogen and oxygen atoms in total. The molecule has 0 N–H and O–H groups in total. The Morgan fingerprint density at radius 2 is 1.71 bits per heavy atom. The molecule has 0 aromatic heterocycles. The van der Waals surface area contributed by atoms with Crippen LogP contribution in [0.15, 0.2) is 59.6 Å². The molecule has 0 saturated carbocycles. The van der Waals surface area contributed by atoms with Crippen molar-refractivity contribution in [1.82, 2.24) is 0 Å². The molecule has 2 aromatic rings. The zero-order valence-electron chi connectivity index (χ0n) is 13.9. The number of benzene rings is 2. The summed E-state index contributed by atoms with van der Waals surface area (Å²) in [5.41, 5.74) is 0.674. The lowest BCUT2D eigenvalue weighted by Gasteiger charge is -2.42. The van der Waals surface area contributed by atoms with Gasteiger partial charge in [0.1, 0.15) is 11.4 Å². The first-order valence-electron chi connectivity index (χ1n) is 7.76. The maximum atomic E-state index is 12.0. The summed E-state index contributed by atoms with van der Waals surface area (Å²) >= 11 is 1.74. The average Bonchev–Trinajstić information content (AvgIpc) is 2.57. The Bertz CT molecular complexity index is 771. The van der Waals surface area contributed by atoms with E-state index in [1.165, 1.54) is 0 Å². The highest BCUT2D eigenvalue weighted by molar-refractivity contribution is 8.16. The van der Waals surface area contributed by atoms with E-state index >= 15 is 0 Å². The third kappa shape index (κ3) is 3.46. The fourth-order valence-electron chi connectivity index (χ4n) is 2.19. The van der Waals surface area contributed by atoms with E-state index in [-0.39, 0.29) is 5.41 Å². The molecule has 1 unspecified atom stereocenters. The van der Waals surface area contributed by atoms with E-state index in [9.17, 15) is 4.79 Å². The molecule has 0 spiro atoms. The molecule has 24 heavy (non-hydrogen) atoms. The fourth-order valence-corrected chi connectivity index (χ4v) is 3.38. The number of nitrogens with zero attached hydrogens (tertiary/aromatic N) is 1. The molecule has 2 aromatic carbocycles. The van der Waals surface area contributed by atoms with Crippen molar-refractivity contribution in [1.29, 1.82) is 0 Å². The summed E-state index contributed by atoms with van der Waals surface area (Å²) in [4.78, 5) is 16.7. The lowest BCUT2D eigenvalue weighted by Crippen LogP contribution is -2.42. The van der Waals surface area contributed by atoms with Crippen LogP contribution in [0.2, 0.25) is 0 Å². The molecule has 1 heterocycles. The minimum Gasteiger partial charge on any atom is -0.395 e. The van der Waals surface area contributed by atoms with E-state index in [1.807, 2.05) is 18.2 Å². The molecule has 1 saturated heterocycles. The molecule has 1 atom stereocenters. The van der Waals surface area contributed by atoms with Crippen LogP contribution in [0.25, 0.3) is 0 Å². The molecular weight excluding hydrogens is 322 g/mol. The van der Waals surface area contributed by atoms with E-state index in [1.54, 1.807) is 48.2 Å². The SMILES string of the molecule is CC1SC(=Nc2ccccc2OC(=O)Oc2ccccc2)C1(C)C. The largest absolute Gasteiger partial charge is 0.519 e. The Morgan fingerprint density at radius 1 is 1.04 bits per heavy atom. The monoisotopic (exact) mass is 341 g/mol. The van der Waals surface area contributed by atoms with Crippen LogP contribution < -0.4 is 9.47 Å². The van der Waals surface area contributed by atoms with E-state index < -0.39 is 6.16 Å². The Kier molecular flexibility index (Phi) is 4.62. The number of carbonyl (C=O) groups is 1.